The van der Waals surface area contributed by atoms with Gasteiger partial charge in [-0.05, 0) is 43.0 Å². The molecule has 2 atom stereocenters. The van der Waals surface area contributed by atoms with Gasteiger partial charge in [-0.15, -0.1) is 0 Å². The molecule has 2 rings (SSSR count). The second-order valence-corrected chi connectivity index (χ2v) is 8.33. The molecular formula is C17H22FN3O5S. The van der Waals surface area contributed by atoms with Crippen LogP contribution in [-0.4, -0.2) is 44.6 Å². The van der Waals surface area contributed by atoms with Gasteiger partial charge in [-0.1, -0.05) is 13.8 Å². The van der Waals surface area contributed by atoms with Crippen molar-refractivity contribution < 1.29 is 27.2 Å². The highest BCUT2D eigenvalue weighted by atomic mass is 32.2. The fourth-order valence-electron chi connectivity index (χ4n) is 2.63. The van der Waals surface area contributed by atoms with Crippen LogP contribution in [-0.2, 0) is 24.4 Å². The van der Waals surface area contributed by atoms with Gasteiger partial charge >= 0.3 is 0 Å². The van der Waals surface area contributed by atoms with Crippen molar-refractivity contribution in [1.29, 1.82) is 0 Å². The second kappa shape index (κ2) is 8.57. The summed E-state index contributed by atoms with van der Waals surface area (Å²) in [6, 6.07) is 2.01. The van der Waals surface area contributed by atoms with E-state index in [4.69, 9.17) is 0 Å². The summed E-state index contributed by atoms with van der Waals surface area (Å²) in [5.41, 5.74) is 0. The maximum absolute atomic E-state index is 13.0. The minimum atomic E-state index is -4.08. The van der Waals surface area contributed by atoms with Crippen LogP contribution in [0.25, 0.3) is 0 Å². The van der Waals surface area contributed by atoms with Gasteiger partial charge in [0.1, 0.15) is 11.9 Å². The molecule has 10 heteroatoms. The zero-order chi connectivity index (χ0) is 20.2. The standard InChI is InChI=1S/C17H22FN3O5S/c1-10(2)14(21-27(25,26)12-7-5-11(18)6-8-12)16(23)20-13-4-3-9-19-17(24)15(13)22/h5-8,10,13-14,21H,3-4,9H2,1-2H3,(H,19,24)(H,20,23)/t13?,14-/m0/s1. The van der Waals surface area contributed by atoms with E-state index in [2.05, 4.69) is 15.4 Å². The zero-order valence-corrected chi connectivity index (χ0v) is 15.8. The fraction of sp³-hybridized carbons (Fsp3) is 0.471. The molecule has 1 unspecified atom stereocenters. The maximum atomic E-state index is 13.0. The van der Waals surface area contributed by atoms with Gasteiger partial charge in [0.15, 0.2) is 0 Å². The lowest BCUT2D eigenvalue weighted by Crippen LogP contribution is -2.54. The third-order valence-electron chi connectivity index (χ3n) is 4.17. The maximum Gasteiger partial charge on any atom is 0.289 e. The number of Topliss-reactive ketones (excluding diaryl/α,β-unsaturated/α-hetero) is 1. The number of sulfonamides is 1. The van der Waals surface area contributed by atoms with E-state index >= 15 is 0 Å². The Bertz CT molecular complexity index is 823. The Labute approximate surface area is 157 Å². The Morgan fingerprint density at radius 1 is 1.22 bits per heavy atom. The summed E-state index contributed by atoms with van der Waals surface area (Å²) in [4.78, 5) is 36.0. The summed E-state index contributed by atoms with van der Waals surface area (Å²) in [6.07, 6.45) is 0.787. The van der Waals surface area contributed by atoms with Crippen LogP contribution in [0.5, 0.6) is 0 Å². The Morgan fingerprint density at radius 3 is 2.44 bits per heavy atom. The van der Waals surface area contributed by atoms with Crippen molar-refractivity contribution in [1.82, 2.24) is 15.4 Å². The number of carbonyl (C=O) groups excluding carboxylic acids is 3. The number of hydrogen-bond acceptors (Lipinski definition) is 5. The first-order chi connectivity index (χ1) is 12.6. The van der Waals surface area contributed by atoms with Gasteiger partial charge in [0.2, 0.25) is 21.7 Å². The molecule has 8 nitrogen and oxygen atoms in total. The fourth-order valence-corrected chi connectivity index (χ4v) is 3.97. The number of halogens is 1. The van der Waals surface area contributed by atoms with Crippen molar-refractivity contribution in [3.63, 3.8) is 0 Å². The molecule has 1 heterocycles. The van der Waals surface area contributed by atoms with E-state index in [-0.39, 0.29) is 11.3 Å². The number of rotatable bonds is 6. The number of carbonyl (C=O) groups is 3. The van der Waals surface area contributed by atoms with Crippen LogP contribution in [0.1, 0.15) is 26.7 Å². The van der Waals surface area contributed by atoms with E-state index in [0.717, 1.165) is 24.3 Å². The lowest BCUT2D eigenvalue weighted by molar-refractivity contribution is -0.139. The third-order valence-corrected chi connectivity index (χ3v) is 5.62. The summed E-state index contributed by atoms with van der Waals surface area (Å²) in [5.74, 6) is -3.26. The van der Waals surface area contributed by atoms with Crippen molar-refractivity contribution in [2.75, 3.05) is 6.54 Å². The normalized spacial score (nSPS) is 19.3. The Kier molecular flexibility index (Phi) is 6.66. The molecule has 1 saturated heterocycles. The van der Waals surface area contributed by atoms with Crippen LogP contribution in [0.4, 0.5) is 4.39 Å². The highest BCUT2D eigenvalue weighted by Gasteiger charge is 2.33. The molecule has 1 aliphatic rings. The van der Waals surface area contributed by atoms with Crippen molar-refractivity contribution in [2.24, 2.45) is 5.92 Å². The topological polar surface area (TPSA) is 121 Å². The predicted molar refractivity (Wildman–Crippen MR) is 94.5 cm³/mol. The molecule has 1 aliphatic heterocycles. The molecule has 0 saturated carbocycles. The summed E-state index contributed by atoms with van der Waals surface area (Å²) >= 11 is 0. The van der Waals surface area contributed by atoms with Crippen LogP contribution >= 0.6 is 0 Å². The monoisotopic (exact) mass is 399 g/mol. The van der Waals surface area contributed by atoms with Gasteiger partial charge in [-0.25, -0.2) is 12.8 Å². The number of nitrogens with one attached hydrogen (secondary N) is 3. The molecule has 0 aromatic heterocycles. The smallest absolute Gasteiger partial charge is 0.289 e. The summed E-state index contributed by atoms with van der Waals surface area (Å²) in [6.45, 7) is 3.61. The number of ketones is 1. The van der Waals surface area contributed by atoms with Crippen molar-refractivity contribution in [3.8, 4) is 0 Å². The summed E-state index contributed by atoms with van der Waals surface area (Å²) < 4.78 is 40.3. The molecule has 0 aliphatic carbocycles. The van der Waals surface area contributed by atoms with Gasteiger partial charge in [0, 0.05) is 6.54 Å². The summed E-state index contributed by atoms with van der Waals surface area (Å²) in [7, 11) is -4.08. The number of benzene rings is 1. The zero-order valence-electron chi connectivity index (χ0n) is 15.0. The second-order valence-electron chi connectivity index (χ2n) is 6.62. The van der Waals surface area contributed by atoms with E-state index in [9.17, 15) is 27.2 Å². The summed E-state index contributed by atoms with van der Waals surface area (Å²) in [5, 5.41) is 4.90. The van der Waals surface area contributed by atoms with Crippen LogP contribution in [0.3, 0.4) is 0 Å². The van der Waals surface area contributed by atoms with E-state index in [0.29, 0.717) is 13.0 Å². The SMILES string of the molecule is CC(C)[C@H](NS(=O)(=O)c1ccc(F)cc1)C(=O)NC1CCCNC(=O)C1=O. The molecule has 148 valence electrons. The quantitative estimate of drug-likeness (QED) is 0.586. The van der Waals surface area contributed by atoms with Crippen LogP contribution < -0.4 is 15.4 Å². The van der Waals surface area contributed by atoms with E-state index < -0.39 is 51.4 Å². The van der Waals surface area contributed by atoms with Gasteiger partial charge in [-0.2, -0.15) is 4.72 Å². The van der Waals surface area contributed by atoms with Crippen LogP contribution in [0.2, 0.25) is 0 Å². The molecule has 0 bridgehead atoms. The molecule has 1 fully saturated rings. The Morgan fingerprint density at radius 2 is 1.85 bits per heavy atom. The van der Waals surface area contributed by atoms with Crippen LogP contribution in [0, 0.1) is 11.7 Å². The molecule has 3 N–H and O–H groups in total. The van der Waals surface area contributed by atoms with Gasteiger partial charge in [0.25, 0.3) is 5.91 Å². The molecule has 0 spiro atoms. The average molecular weight is 399 g/mol. The number of amides is 2. The minimum absolute atomic E-state index is 0.188. The van der Waals surface area contributed by atoms with E-state index in [1.807, 2.05) is 0 Å². The van der Waals surface area contributed by atoms with Crippen molar-refractivity contribution >= 4 is 27.6 Å². The molecule has 1 aromatic carbocycles. The molecule has 2 amide bonds. The Hall–Kier alpha value is -2.33. The molecule has 27 heavy (non-hydrogen) atoms. The first-order valence-electron chi connectivity index (χ1n) is 8.52. The molecular weight excluding hydrogens is 377 g/mol. The Balaban J connectivity index is 2.16. The first kappa shape index (κ1) is 21.0. The lowest BCUT2D eigenvalue weighted by Gasteiger charge is -2.24. The molecule has 0 radical (unpaired) electrons. The highest BCUT2D eigenvalue weighted by molar-refractivity contribution is 7.89. The minimum Gasteiger partial charge on any atom is -0.349 e. The largest absolute Gasteiger partial charge is 0.349 e. The van der Waals surface area contributed by atoms with Crippen molar-refractivity contribution in [3.05, 3.63) is 30.1 Å². The predicted octanol–water partition coefficient (Wildman–Crippen LogP) is 0.0925. The van der Waals surface area contributed by atoms with Gasteiger partial charge < -0.3 is 10.6 Å². The lowest BCUT2D eigenvalue weighted by atomic mass is 10.0. The van der Waals surface area contributed by atoms with Gasteiger partial charge in [-0.3, -0.25) is 14.4 Å². The average Bonchev–Trinajstić information content (AvgIpc) is 2.75. The molecule has 1 aromatic rings. The van der Waals surface area contributed by atoms with Crippen molar-refractivity contribution in [2.45, 2.75) is 43.7 Å². The highest BCUT2D eigenvalue weighted by Crippen LogP contribution is 2.13. The van der Waals surface area contributed by atoms with E-state index in [1.54, 1.807) is 13.8 Å². The first-order valence-corrected chi connectivity index (χ1v) is 10.0. The van der Waals surface area contributed by atoms with E-state index in [1.165, 1.54) is 0 Å². The third kappa shape index (κ3) is 5.33. The van der Waals surface area contributed by atoms with Gasteiger partial charge in [0.05, 0.1) is 10.9 Å². The number of hydrogen-bond donors (Lipinski definition) is 3. The van der Waals surface area contributed by atoms with Crippen LogP contribution in [0.15, 0.2) is 29.2 Å².